The molecular weight excluding hydrogens is 303 g/mol. The summed E-state index contributed by atoms with van der Waals surface area (Å²) >= 11 is 5.56. The minimum Gasteiger partial charge on any atom is -0.207 e. The zero-order valence-electron chi connectivity index (χ0n) is 10.1. The Labute approximate surface area is 115 Å². The number of hydrogen-bond acceptors (Lipinski definition) is 2. The van der Waals surface area contributed by atoms with Crippen molar-refractivity contribution in [3.63, 3.8) is 0 Å². The average Bonchev–Trinajstić information content (AvgIpc) is 2.34. The highest BCUT2D eigenvalue weighted by Gasteiger charge is 2.36. The minimum atomic E-state index is -4.57. The van der Waals surface area contributed by atoms with E-state index in [1.165, 1.54) is 31.2 Å². The van der Waals surface area contributed by atoms with E-state index in [2.05, 4.69) is 0 Å². The first-order valence-corrected chi connectivity index (χ1v) is 7.40. The van der Waals surface area contributed by atoms with Crippen LogP contribution in [-0.2, 0) is 15.9 Å². The van der Waals surface area contributed by atoms with Gasteiger partial charge < -0.3 is 0 Å². The van der Waals surface area contributed by atoms with E-state index in [9.17, 15) is 21.6 Å². The standard InChI is InChI=1S/C11H13ClF3NO2S/c1-2-16(8-11(13,14)15)19(17,18)10-5-3-9(7-12)4-6-10/h3-6H,2,7-8H2,1H3. The predicted octanol–water partition coefficient (Wildman–Crippen LogP) is 3.00. The Balaban J connectivity index is 3.06. The molecule has 0 heterocycles. The van der Waals surface area contributed by atoms with Crippen LogP contribution in [0.4, 0.5) is 13.2 Å². The fourth-order valence-electron chi connectivity index (χ4n) is 1.47. The van der Waals surface area contributed by atoms with Gasteiger partial charge in [-0.1, -0.05) is 19.1 Å². The van der Waals surface area contributed by atoms with Crippen LogP contribution < -0.4 is 0 Å². The highest BCUT2D eigenvalue weighted by atomic mass is 35.5. The Bertz CT molecular complexity index is 514. The van der Waals surface area contributed by atoms with Crippen LogP contribution in [0.5, 0.6) is 0 Å². The summed E-state index contributed by atoms with van der Waals surface area (Å²) in [6, 6.07) is 5.46. The first kappa shape index (κ1) is 16.3. The summed E-state index contributed by atoms with van der Waals surface area (Å²) < 4.78 is 61.5. The lowest BCUT2D eigenvalue weighted by atomic mass is 10.2. The molecule has 108 valence electrons. The number of sulfonamides is 1. The Morgan fingerprint density at radius 2 is 1.74 bits per heavy atom. The quantitative estimate of drug-likeness (QED) is 0.783. The van der Waals surface area contributed by atoms with E-state index in [1.807, 2.05) is 0 Å². The maximum atomic E-state index is 12.3. The second-order valence-electron chi connectivity index (χ2n) is 3.82. The second kappa shape index (κ2) is 6.11. The third kappa shape index (κ3) is 4.36. The molecule has 0 aliphatic carbocycles. The maximum Gasteiger partial charge on any atom is 0.402 e. The molecule has 3 nitrogen and oxygen atoms in total. The van der Waals surface area contributed by atoms with E-state index < -0.39 is 22.7 Å². The predicted molar refractivity (Wildman–Crippen MR) is 66.5 cm³/mol. The molecular formula is C11H13ClF3NO2S. The topological polar surface area (TPSA) is 37.4 Å². The molecule has 0 bridgehead atoms. The molecule has 0 atom stereocenters. The maximum absolute atomic E-state index is 12.3. The molecule has 0 saturated carbocycles. The summed E-state index contributed by atoms with van der Waals surface area (Å²) in [5.74, 6) is 0.209. The van der Waals surface area contributed by atoms with Crippen LogP contribution in [-0.4, -0.2) is 32.0 Å². The zero-order valence-corrected chi connectivity index (χ0v) is 11.7. The molecule has 1 aromatic rings. The van der Waals surface area contributed by atoms with Gasteiger partial charge >= 0.3 is 6.18 Å². The molecule has 0 radical (unpaired) electrons. The average molecular weight is 316 g/mol. The van der Waals surface area contributed by atoms with Crippen LogP contribution in [0.3, 0.4) is 0 Å². The van der Waals surface area contributed by atoms with Gasteiger partial charge in [0.1, 0.15) is 6.54 Å². The zero-order chi connectivity index (χ0) is 14.7. The summed E-state index contributed by atoms with van der Waals surface area (Å²) in [6.45, 7) is -0.390. The molecule has 0 aliphatic rings. The van der Waals surface area contributed by atoms with Crippen molar-refractivity contribution in [2.45, 2.75) is 23.9 Å². The third-order valence-electron chi connectivity index (χ3n) is 2.42. The van der Waals surface area contributed by atoms with Gasteiger partial charge in [0.15, 0.2) is 0 Å². The number of benzene rings is 1. The van der Waals surface area contributed by atoms with E-state index in [0.717, 1.165) is 0 Å². The van der Waals surface area contributed by atoms with Gasteiger partial charge in [-0.3, -0.25) is 0 Å². The molecule has 0 spiro atoms. The van der Waals surface area contributed by atoms with Gasteiger partial charge in [0.25, 0.3) is 0 Å². The van der Waals surface area contributed by atoms with E-state index in [4.69, 9.17) is 11.6 Å². The highest BCUT2D eigenvalue weighted by Crippen LogP contribution is 2.22. The van der Waals surface area contributed by atoms with Gasteiger partial charge in [-0.2, -0.15) is 17.5 Å². The number of halogens is 4. The lowest BCUT2D eigenvalue weighted by Gasteiger charge is -2.21. The molecule has 1 rings (SSSR count). The normalized spacial score (nSPS) is 12.9. The van der Waals surface area contributed by atoms with Crippen molar-refractivity contribution >= 4 is 21.6 Å². The summed E-state index contributed by atoms with van der Waals surface area (Å²) in [6.07, 6.45) is -4.57. The molecule has 0 unspecified atom stereocenters. The van der Waals surface area contributed by atoms with Gasteiger partial charge in [-0.15, -0.1) is 11.6 Å². The molecule has 0 saturated heterocycles. The van der Waals surface area contributed by atoms with Crippen LogP contribution in [0.2, 0.25) is 0 Å². The van der Waals surface area contributed by atoms with Crippen molar-refractivity contribution in [3.05, 3.63) is 29.8 Å². The smallest absolute Gasteiger partial charge is 0.207 e. The summed E-state index contributed by atoms with van der Waals surface area (Å²) in [5, 5.41) is 0. The Morgan fingerprint density at radius 3 is 2.11 bits per heavy atom. The van der Waals surface area contributed by atoms with Crippen molar-refractivity contribution < 1.29 is 21.6 Å². The Kier molecular flexibility index (Phi) is 5.23. The fourth-order valence-corrected chi connectivity index (χ4v) is 3.08. The molecule has 0 aliphatic heterocycles. The van der Waals surface area contributed by atoms with Gasteiger partial charge in [-0.25, -0.2) is 8.42 Å². The van der Waals surface area contributed by atoms with Crippen molar-refractivity contribution in [1.82, 2.24) is 4.31 Å². The van der Waals surface area contributed by atoms with Crippen molar-refractivity contribution in [2.24, 2.45) is 0 Å². The number of nitrogens with zero attached hydrogens (tertiary/aromatic N) is 1. The summed E-state index contributed by atoms with van der Waals surface area (Å²) in [5.41, 5.74) is 0.694. The fraction of sp³-hybridized carbons (Fsp3) is 0.455. The first-order valence-electron chi connectivity index (χ1n) is 5.42. The van der Waals surface area contributed by atoms with Crippen LogP contribution in [0.15, 0.2) is 29.2 Å². The van der Waals surface area contributed by atoms with E-state index in [1.54, 1.807) is 0 Å². The van der Waals surface area contributed by atoms with Crippen molar-refractivity contribution in [2.75, 3.05) is 13.1 Å². The van der Waals surface area contributed by atoms with Crippen LogP contribution in [0, 0.1) is 0 Å². The molecule has 0 aromatic heterocycles. The van der Waals surface area contributed by atoms with Gasteiger partial charge in [-0.05, 0) is 17.7 Å². The molecule has 19 heavy (non-hydrogen) atoms. The first-order chi connectivity index (χ1) is 8.70. The van der Waals surface area contributed by atoms with Crippen LogP contribution in [0.1, 0.15) is 12.5 Å². The summed E-state index contributed by atoms with van der Waals surface area (Å²) in [7, 11) is -4.14. The lowest BCUT2D eigenvalue weighted by molar-refractivity contribution is -0.135. The second-order valence-corrected chi connectivity index (χ2v) is 6.03. The SMILES string of the molecule is CCN(CC(F)(F)F)S(=O)(=O)c1ccc(CCl)cc1. The highest BCUT2D eigenvalue weighted by molar-refractivity contribution is 7.89. The lowest BCUT2D eigenvalue weighted by Crippen LogP contribution is -2.38. The van der Waals surface area contributed by atoms with E-state index >= 15 is 0 Å². The third-order valence-corrected chi connectivity index (χ3v) is 4.67. The van der Waals surface area contributed by atoms with Crippen molar-refractivity contribution in [3.8, 4) is 0 Å². The molecule has 1 aromatic carbocycles. The Morgan fingerprint density at radius 1 is 1.21 bits per heavy atom. The Hall–Kier alpha value is -0.790. The molecule has 0 N–H and O–H groups in total. The van der Waals surface area contributed by atoms with Crippen LogP contribution >= 0.6 is 11.6 Å². The van der Waals surface area contributed by atoms with E-state index in [-0.39, 0.29) is 17.3 Å². The van der Waals surface area contributed by atoms with Gasteiger partial charge in [0, 0.05) is 12.4 Å². The monoisotopic (exact) mass is 315 g/mol. The molecule has 8 heteroatoms. The van der Waals surface area contributed by atoms with E-state index in [0.29, 0.717) is 9.87 Å². The number of rotatable bonds is 5. The van der Waals surface area contributed by atoms with Gasteiger partial charge in [0.05, 0.1) is 4.90 Å². The van der Waals surface area contributed by atoms with Crippen molar-refractivity contribution in [1.29, 1.82) is 0 Å². The largest absolute Gasteiger partial charge is 0.402 e. The molecule has 0 amide bonds. The molecule has 0 fully saturated rings. The van der Waals surface area contributed by atoms with Crippen LogP contribution in [0.25, 0.3) is 0 Å². The minimum absolute atomic E-state index is 0.174. The van der Waals surface area contributed by atoms with Gasteiger partial charge in [0.2, 0.25) is 10.0 Å². The number of alkyl halides is 4. The summed E-state index contributed by atoms with van der Waals surface area (Å²) in [4.78, 5) is -0.174. The number of hydrogen-bond donors (Lipinski definition) is 0.